The third kappa shape index (κ3) is 3.41. The third-order valence-corrected chi connectivity index (χ3v) is 3.04. The number of nitrogens with one attached hydrogen (secondary N) is 1. The Bertz CT molecular complexity index is 487. The summed E-state index contributed by atoms with van der Waals surface area (Å²) in [7, 11) is 0. The predicted molar refractivity (Wildman–Crippen MR) is 73.9 cm³/mol. The van der Waals surface area contributed by atoms with E-state index in [0.29, 0.717) is 5.88 Å². The van der Waals surface area contributed by atoms with Gasteiger partial charge in [0.25, 0.3) is 0 Å². The number of anilines is 2. The van der Waals surface area contributed by atoms with Crippen LogP contribution in [0.1, 0.15) is 5.56 Å². The van der Waals surface area contributed by atoms with E-state index < -0.39 is 0 Å². The van der Waals surface area contributed by atoms with Gasteiger partial charge in [-0.1, -0.05) is 12.1 Å². The van der Waals surface area contributed by atoms with Crippen LogP contribution in [0.4, 0.5) is 11.5 Å². The molecular formula is C12H11BrClN3. The molecule has 1 aromatic heterocycles. The first-order valence-corrected chi connectivity index (χ1v) is 6.50. The van der Waals surface area contributed by atoms with Crippen molar-refractivity contribution in [3.05, 3.63) is 46.8 Å². The summed E-state index contributed by atoms with van der Waals surface area (Å²) in [5.74, 6) is 1.40. The SMILES string of the molecule is ClCCc1ccc(Nc2ncncc2Br)cc1. The Balaban J connectivity index is 2.11. The van der Waals surface area contributed by atoms with Crippen molar-refractivity contribution in [3.63, 3.8) is 0 Å². The minimum absolute atomic E-state index is 0.643. The molecule has 0 saturated heterocycles. The van der Waals surface area contributed by atoms with E-state index in [4.69, 9.17) is 11.6 Å². The van der Waals surface area contributed by atoms with Gasteiger partial charge in [0.1, 0.15) is 12.1 Å². The average Bonchev–Trinajstić information content (AvgIpc) is 2.35. The highest BCUT2D eigenvalue weighted by molar-refractivity contribution is 9.10. The second-order valence-corrected chi connectivity index (χ2v) is 4.71. The Hall–Kier alpha value is -1.13. The van der Waals surface area contributed by atoms with Crippen LogP contribution in [-0.2, 0) is 6.42 Å². The molecule has 3 nitrogen and oxygen atoms in total. The summed E-state index contributed by atoms with van der Waals surface area (Å²) in [6.45, 7) is 0. The smallest absolute Gasteiger partial charge is 0.148 e. The van der Waals surface area contributed by atoms with Crippen molar-refractivity contribution in [1.29, 1.82) is 0 Å². The zero-order chi connectivity index (χ0) is 12.1. The molecule has 0 aliphatic heterocycles. The topological polar surface area (TPSA) is 37.8 Å². The van der Waals surface area contributed by atoms with Crippen LogP contribution in [0.25, 0.3) is 0 Å². The fourth-order valence-electron chi connectivity index (χ4n) is 1.41. The molecule has 0 aliphatic rings. The Labute approximate surface area is 113 Å². The van der Waals surface area contributed by atoms with Gasteiger partial charge < -0.3 is 5.32 Å². The lowest BCUT2D eigenvalue weighted by molar-refractivity contribution is 1.14. The van der Waals surface area contributed by atoms with Crippen LogP contribution in [0, 0.1) is 0 Å². The molecule has 0 aliphatic carbocycles. The van der Waals surface area contributed by atoms with Crippen LogP contribution in [0.2, 0.25) is 0 Å². The molecule has 17 heavy (non-hydrogen) atoms. The van der Waals surface area contributed by atoms with Crippen molar-refractivity contribution in [1.82, 2.24) is 9.97 Å². The molecule has 88 valence electrons. The highest BCUT2D eigenvalue weighted by atomic mass is 79.9. The summed E-state index contributed by atoms with van der Waals surface area (Å²) in [6, 6.07) is 8.13. The van der Waals surface area contributed by atoms with Gasteiger partial charge in [-0.2, -0.15) is 0 Å². The zero-order valence-electron chi connectivity index (χ0n) is 9.03. The lowest BCUT2D eigenvalue weighted by Gasteiger charge is -2.07. The largest absolute Gasteiger partial charge is 0.339 e. The van der Waals surface area contributed by atoms with Gasteiger partial charge in [0, 0.05) is 17.8 Å². The van der Waals surface area contributed by atoms with Gasteiger partial charge in [-0.25, -0.2) is 9.97 Å². The molecule has 0 bridgehead atoms. The van der Waals surface area contributed by atoms with Crippen LogP contribution >= 0.6 is 27.5 Å². The maximum Gasteiger partial charge on any atom is 0.148 e. The lowest BCUT2D eigenvalue weighted by atomic mass is 10.1. The molecule has 0 atom stereocenters. The second-order valence-electron chi connectivity index (χ2n) is 3.48. The molecule has 0 radical (unpaired) electrons. The Morgan fingerprint density at radius 3 is 2.65 bits per heavy atom. The fourth-order valence-corrected chi connectivity index (χ4v) is 1.94. The molecule has 1 aromatic carbocycles. The number of rotatable bonds is 4. The van der Waals surface area contributed by atoms with Gasteiger partial charge in [-0.05, 0) is 40.0 Å². The minimum Gasteiger partial charge on any atom is -0.339 e. The molecule has 1 heterocycles. The van der Waals surface area contributed by atoms with Gasteiger partial charge in [0.2, 0.25) is 0 Å². The summed E-state index contributed by atoms with van der Waals surface area (Å²) in [5, 5.41) is 3.21. The number of halogens is 2. The predicted octanol–water partition coefficient (Wildman–Crippen LogP) is 3.76. The van der Waals surface area contributed by atoms with Gasteiger partial charge in [-0.3, -0.25) is 0 Å². The highest BCUT2D eigenvalue weighted by Crippen LogP contribution is 2.22. The molecule has 2 rings (SSSR count). The van der Waals surface area contributed by atoms with Gasteiger partial charge >= 0.3 is 0 Å². The van der Waals surface area contributed by atoms with E-state index >= 15 is 0 Å². The van der Waals surface area contributed by atoms with E-state index in [1.165, 1.54) is 11.9 Å². The van der Waals surface area contributed by atoms with Crippen LogP contribution in [0.5, 0.6) is 0 Å². The zero-order valence-corrected chi connectivity index (χ0v) is 11.4. The quantitative estimate of drug-likeness (QED) is 0.873. The summed E-state index contributed by atoms with van der Waals surface area (Å²) in [6.07, 6.45) is 4.10. The summed E-state index contributed by atoms with van der Waals surface area (Å²) >= 11 is 9.08. The summed E-state index contributed by atoms with van der Waals surface area (Å²) in [4.78, 5) is 8.05. The van der Waals surface area contributed by atoms with Crippen LogP contribution in [0.15, 0.2) is 41.3 Å². The molecule has 0 amide bonds. The van der Waals surface area contributed by atoms with Gasteiger partial charge in [0.05, 0.1) is 4.47 Å². The minimum atomic E-state index is 0.643. The van der Waals surface area contributed by atoms with E-state index in [9.17, 15) is 0 Å². The molecule has 1 N–H and O–H groups in total. The second kappa shape index (κ2) is 5.98. The number of hydrogen-bond donors (Lipinski definition) is 1. The van der Waals surface area contributed by atoms with Gasteiger partial charge in [-0.15, -0.1) is 11.6 Å². The van der Waals surface area contributed by atoms with Crippen molar-refractivity contribution in [2.24, 2.45) is 0 Å². The molecule has 0 fully saturated rings. The summed E-state index contributed by atoms with van der Waals surface area (Å²) in [5.41, 5.74) is 2.22. The van der Waals surface area contributed by atoms with E-state index in [1.807, 2.05) is 12.1 Å². The molecule has 0 unspecified atom stereocenters. The van der Waals surface area contributed by atoms with Crippen LogP contribution in [-0.4, -0.2) is 15.8 Å². The number of alkyl halides is 1. The molecular weight excluding hydrogens is 302 g/mol. The van der Waals surface area contributed by atoms with Gasteiger partial charge in [0.15, 0.2) is 0 Å². The number of aromatic nitrogens is 2. The van der Waals surface area contributed by atoms with E-state index in [1.54, 1.807) is 6.20 Å². The first-order valence-electron chi connectivity index (χ1n) is 5.17. The first-order chi connectivity index (χ1) is 8.29. The maximum absolute atomic E-state index is 5.69. The van der Waals surface area contributed by atoms with E-state index in [0.717, 1.165) is 22.4 Å². The standard InChI is InChI=1S/C12H11BrClN3/c13-11-7-15-8-16-12(11)17-10-3-1-9(2-4-10)5-6-14/h1-4,7-8H,5-6H2,(H,15,16,17). The molecule has 2 aromatic rings. The number of hydrogen-bond acceptors (Lipinski definition) is 3. The third-order valence-electron chi connectivity index (χ3n) is 2.27. The molecule has 0 saturated carbocycles. The Kier molecular flexibility index (Phi) is 4.34. The Morgan fingerprint density at radius 1 is 1.24 bits per heavy atom. The molecule has 0 spiro atoms. The van der Waals surface area contributed by atoms with Crippen molar-refractivity contribution in [3.8, 4) is 0 Å². The first kappa shape index (κ1) is 12.3. The highest BCUT2D eigenvalue weighted by Gasteiger charge is 2.01. The number of nitrogens with zero attached hydrogens (tertiary/aromatic N) is 2. The van der Waals surface area contributed by atoms with Crippen LogP contribution in [0.3, 0.4) is 0 Å². The maximum atomic E-state index is 5.69. The Morgan fingerprint density at radius 2 is 2.00 bits per heavy atom. The average molecular weight is 313 g/mol. The molecule has 5 heteroatoms. The van der Waals surface area contributed by atoms with E-state index in [-0.39, 0.29) is 0 Å². The monoisotopic (exact) mass is 311 g/mol. The van der Waals surface area contributed by atoms with Crippen molar-refractivity contribution < 1.29 is 0 Å². The fraction of sp³-hybridized carbons (Fsp3) is 0.167. The summed E-state index contributed by atoms with van der Waals surface area (Å²) < 4.78 is 0.838. The van der Waals surface area contributed by atoms with Crippen molar-refractivity contribution in [2.75, 3.05) is 11.2 Å². The van der Waals surface area contributed by atoms with E-state index in [2.05, 4.69) is 43.3 Å². The van der Waals surface area contributed by atoms with Crippen molar-refractivity contribution >= 4 is 39.0 Å². The van der Waals surface area contributed by atoms with Crippen LogP contribution < -0.4 is 5.32 Å². The van der Waals surface area contributed by atoms with Crippen molar-refractivity contribution in [2.45, 2.75) is 6.42 Å². The number of aryl methyl sites for hydroxylation is 1. The normalized spacial score (nSPS) is 10.2. The number of benzene rings is 1. The lowest BCUT2D eigenvalue weighted by Crippen LogP contribution is -1.95.